The Balaban J connectivity index is 1.84. The van der Waals surface area contributed by atoms with Gasteiger partial charge in [-0.3, -0.25) is 13.9 Å². The van der Waals surface area contributed by atoms with E-state index in [1.807, 2.05) is 58.0 Å². The lowest BCUT2D eigenvalue weighted by atomic mass is 10.0. The van der Waals surface area contributed by atoms with Crippen molar-refractivity contribution in [1.82, 2.24) is 10.2 Å². The highest BCUT2D eigenvalue weighted by molar-refractivity contribution is 7.92. The minimum absolute atomic E-state index is 0.00629. The monoisotopic (exact) mass is 645 g/mol. The molecule has 4 aromatic rings. The first kappa shape index (κ1) is 34.2. The predicted molar refractivity (Wildman–Crippen MR) is 177 cm³/mol. The second kappa shape index (κ2) is 14.6. The highest BCUT2D eigenvalue weighted by Gasteiger charge is 2.36. The number of rotatable bonds is 12. The van der Waals surface area contributed by atoms with Gasteiger partial charge in [-0.25, -0.2) is 12.8 Å². The molecule has 0 aliphatic rings. The largest absolute Gasteiger partial charge is 0.495 e. The maximum absolute atomic E-state index is 14.6. The number of hydrogen-bond acceptors (Lipinski definition) is 5. The van der Waals surface area contributed by atoms with E-state index in [9.17, 15) is 22.4 Å². The number of amides is 2. The number of halogens is 1. The van der Waals surface area contributed by atoms with Gasteiger partial charge in [-0.15, -0.1) is 0 Å². The van der Waals surface area contributed by atoms with Crippen LogP contribution in [0.25, 0.3) is 0 Å². The van der Waals surface area contributed by atoms with Gasteiger partial charge in [0.15, 0.2) is 0 Å². The van der Waals surface area contributed by atoms with E-state index >= 15 is 0 Å². The summed E-state index contributed by atoms with van der Waals surface area (Å²) in [6.45, 7) is 6.67. The number of carbonyl (C=O) groups is 2. The molecule has 0 radical (unpaired) electrons. The summed E-state index contributed by atoms with van der Waals surface area (Å²) >= 11 is 0. The van der Waals surface area contributed by atoms with Gasteiger partial charge < -0.3 is 15.0 Å². The summed E-state index contributed by atoms with van der Waals surface area (Å²) in [7, 11) is -2.87. The first-order valence-electron chi connectivity index (χ1n) is 14.9. The van der Waals surface area contributed by atoms with E-state index in [0.29, 0.717) is 5.56 Å². The SMILES string of the molecule is COc1ccccc1N(CC(=O)N(Cc1ccc(F)cc1)[C@H](Cc1ccccc1)C(=O)NC(C)(C)C)S(=O)(=O)c1ccc(C)cc1. The molecule has 0 aliphatic heterocycles. The number of aryl methyl sites for hydroxylation is 1. The molecule has 0 unspecified atom stereocenters. The van der Waals surface area contributed by atoms with Crippen molar-refractivity contribution in [2.45, 2.75) is 57.1 Å². The van der Waals surface area contributed by atoms with Crippen LogP contribution in [0, 0.1) is 12.7 Å². The Hall–Kier alpha value is -4.70. The van der Waals surface area contributed by atoms with Gasteiger partial charge in [-0.2, -0.15) is 0 Å². The lowest BCUT2D eigenvalue weighted by molar-refractivity contribution is -0.140. The van der Waals surface area contributed by atoms with Gasteiger partial charge >= 0.3 is 0 Å². The average Bonchev–Trinajstić information content (AvgIpc) is 3.02. The van der Waals surface area contributed by atoms with E-state index in [2.05, 4.69) is 5.32 Å². The Bertz CT molecular complexity index is 1740. The Morgan fingerprint density at radius 2 is 1.46 bits per heavy atom. The maximum Gasteiger partial charge on any atom is 0.264 e. The van der Waals surface area contributed by atoms with Crippen LogP contribution in [0.1, 0.15) is 37.5 Å². The van der Waals surface area contributed by atoms with Crippen LogP contribution in [0.3, 0.4) is 0 Å². The summed E-state index contributed by atoms with van der Waals surface area (Å²) in [6, 6.07) is 26.8. The molecule has 4 aromatic carbocycles. The van der Waals surface area contributed by atoms with Gasteiger partial charge in [0.25, 0.3) is 10.0 Å². The molecule has 242 valence electrons. The molecule has 1 atom stereocenters. The molecule has 8 nitrogen and oxygen atoms in total. The smallest absolute Gasteiger partial charge is 0.264 e. The van der Waals surface area contributed by atoms with E-state index in [1.54, 1.807) is 36.4 Å². The second-order valence-electron chi connectivity index (χ2n) is 12.1. The first-order chi connectivity index (χ1) is 21.8. The van der Waals surface area contributed by atoms with Crippen LogP contribution in [0.4, 0.5) is 10.1 Å². The zero-order valence-corrected chi connectivity index (χ0v) is 27.6. The molecule has 2 amide bonds. The molecule has 0 aliphatic carbocycles. The molecule has 0 bridgehead atoms. The molecule has 0 heterocycles. The van der Waals surface area contributed by atoms with Crippen molar-refractivity contribution >= 4 is 27.5 Å². The van der Waals surface area contributed by atoms with Gasteiger partial charge in [0.05, 0.1) is 17.7 Å². The summed E-state index contributed by atoms with van der Waals surface area (Å²) < 4.78 is 48.8. The summed E-state index contributed by atoms with van der Waals surface area (Å²) in [5.41, 5.74) is 1.80. The van der Waals surface area contributed by atoms with Crippen molar-refractivity contribution in [3.63, 3.8) is 0 Å². The minimum Gasteiger partial charge on any atom is -0.495 e. The van der Waals surface area contributed by atoms with Crippen LogP contribution in [0.2, 0.25) is 0 Å². The summed E-state index contributed by atoms with van der Waals surface area (Å²) in [5, 5.41) is 2.99. The van der Waals surface area contributed by atoms with Gasteiger partial charge in [0.1, 0.15) is 24.2 Å². The maximum atomic E-state index is 14.6. The molecule has 4 rings (SSSR count). The molecule has 1 N–H and O–H groups in total. The molecule has 0 saturated heterocycles. The van der Waals surface area contributed by atoms with Gasteiger partial charge in [-0.05, 0) is 75.2 Å². The van der Waals surface area contributed by atoms with Crippen molar-refractivity contribution in [3.05, 3.63) is 126 Å². The first-order valence-corrected chi connectivity index (χ1v) is 16.3. The van der Waals surface area contributed by atoms with Crippen LogP contribution >= 0.6 is 0 Å². The Kier molecular flexibility index (Phi) is 10.8. The molecular formula is C36H40FN3O5S. The number of hydrogen-bond donors (Lipinski definition) is 1. The van der Waals surface area contributed by atoms with Crippen LogP contribution in [0.5, 0.6) is 5.75 Å². The van der Waals surface area contributed by atoms with Crippen LogP contribution in [0.15, 0.2) is 108 Å². The van der Waals surface area contributed by atoms with Gasteiger partial charge in [0.2, 0.25) is 11.8 Å². The third-order valence-corrected chi connectivity index (χ3v) is 9.05. The zero-order valence-electron chi connectivity index (χ0n) is 26.7. The van der Waals surface area contributed by atoms with E-state index in [1.165, 1.54) is 48.4 Å². The van der Waals surface area contributed by atoms with Crippen molar-refractivity contribution in [1.29, 1.82) is 0 Å². The number of ether oxygens (including phenoxy) is 1. The van der Waals surface area contributed by atoms with Crippen molar-refractivity contribution < 1.29 is 27.1 Å². The molecular weight excluding hydrogens is 605 g/mol. The van der Waals surface area contributed by atoms with E-state index in [4.69, 9.17) is 4.74 Å². The third-order valence-electron chi connectivity index (χ3n) is 7.28. The number of para-hydroxylation sites is 2. The van der Waals surface area contributed by atoms with Crippen molar-refractivity contribution in [3.8, 4) is 5.75 Å². The zero-order chi connectivity index (χ0) is 33.5. The number of nitrogens with one attached hydrogen (secondary N) is 1. The molecule has 0 saturated carbocycles. The van der Waals surface area contributed by atoms with Crippen LogP contribution in [-0.4, -0.2) is 50.4 Å². The number of nitrogens with zero attached hydrogens (tertiary/aromatic N) is 2. The fourth-order valence-electron chi connectivity index (χ4n) is 4.98. The van der Waals surface area contributed by atoms with Crippen LogP contribution < -0.4 is 14.4 Å². The minimum atomic E-state index is -4.29. The van der Waals surface area contributed by atoms with E-state index < -0.39 is 45.8 Å². The summed E-state index contributed by atoms with van der Waals surface area (Å²) in [5.74, 6) is -1.23. The average molecular weight is 646 g/mol. The van der Waals surface area contributed by atoms with Crippen molar-refractivity contribution in [2.75, 3.05) is 18.0 Å². The number of benzene rings is 4. The lowest BCUT2D eigenvalue weighted by Crippen LogP contribution is -2.56. The third kappa shape index (κ3) is 8.72. The van der Waals surface area contributed by atoms with Crippen molar-refractivity contribution in [2.24, 2.45) is 0 Å². The summed E-state index contributed by atoms with van der Waals surface area (Å²) in [6.07, 6.45) is 0.162. The standard InChI is InChI=1S/C36H40FN3O5S/c1-26-15-21-30(22-16-26)46(43,44)40(31-13-9-10-14-33(31)45-5)25-34(41)39(24-28-17-19-29(37)20-18-28)32(35(42)38-36(2,3)4)23-27-11-7-6-8-12-27/h6-22,32H,23-25H2,1-5H3,(H,38,42)/t32-/m1/s1. The topological polar surface area (TPSA) is 96.0 Å². The fraction of sp³-hybridized carbons (Fsp3) is 0.278. The van der Waals surface area contributed by atoms with Crippen LogP contribution in [-0.2, 0) is 32.6 Å². The number of methoxy groups -OCH3 is 1. The molecule has 0 spiro atoms. The normalized spacial score (nSPS) is 12.2. The number of anilines is 1. The van der Waals surface area contributed by atoms with E-state index in [-0.39, 0.29) is 29.3 Å². The number of sulfonamides is 1. The predicted octanol–water partition coefficient (Wildman–Crippen LogP) is 5.89. The Morgan fingerprint density at radius 1 is 0.848 bits per heavy atom. The lowest BCUT2D eigenvalue weighted by Gasteiger charge is -2.35. The second-order valence-corrected chi connectivity index (χ2v) is 14.0. The fourth-order valence-corrected chi connectivity index (χ4v) is 6.40. The molecule has 0 aromatic heterocycles. The quantitative estimate of drug-likeness (QED) is 0.207. The van der Waals surface area contributed by atoms with Gasteiger partial charge in [-0.1, -0.05) is 72.3 Å². The molecule has 10 heteroatoms. The molecule has 0 fully saturated rings. The molecule has 46 heavy (non-hydrogen) atoms. The summed E-state index contributed by atoms with van der Waals surface area (Å²) in [4.78, 5) is 29.9. The highest BCUT2D eigenvalue weighted by Crippen LogP contribution is 2.33. The van der Waals surface area contributed by atoms with Gasteiger partial charge in [0, 0.05) is 18.5 Å². The number of carbonyl (C=O) groups excluding carboxylic acids is 2. The Labute approximate surface area is 270 Å². The van der Waals surface area contributed by atoms with E-state index in [0.717, 1.165) is 15.4 Å². The highest BCUT2D eigenvalue weighted by atomic mass is 32.2. The Morgan fingerprint density at radius 3 is 2.07 bits per heavy atom.